The van der Waals surface area contributed by atoms with Crippen molar-refractivity contribution in [3.05, 3.63) is 59.7 Å². The fourth-order valence-corrected chi connectivity index (χ4v) is 2.91. The molecule has 2 heterocycles. The van der Waals surface area contributed by atoms with Crippen LogP contribution in [0.3, 0.4) is 0 Å². The number of rotatable bonds is 1. The van der Waals surface area contributed by atoms with E-state index in [0.717, 1.165) is 16.6 Å². The Morgan fingerprint density at radius 1 is 1.22 bits per heavy atom. The molecular weight excluding hydrogens is 290 g/mol. The monoisotopic (exact) mass is 303 g/mol. The van der Waals surface area contributed by atoms with E-state index in [2.05, 4.69) is 16.4 Å². The summed E-state index contributed by atoms with van der Waals surface area (Å²) in [6.45, 7) is 0. The van der Waals surface area contributed by atoms with E-state index in [0.29, 0.717) is 17.3 Å². The molecule has 0 radical (unpaired) electrons. The number of benzene rings is 2. The van der Waals surface area contributed by atoms with Crippen LogP contribution in [0.5, 0.6) is 5.75 Å². The van der Waals surface area contributed by atoms with Crippen LogP contribution < -0.4 is 11.1 Å². The van der Waals surface area contributed by atoms with Crippen LogP contribution in [0.1, 0.15) is 11.6 Å². The zero-order valence-corrected chi connectivity index (χ0v) is 12.1. The lowest BCUT2D eigenvalue weighted by molar-refractivity contribution is 0.474. The highest BCUT2D eigenvalue weighted by Crippen LogP contribution is 2.36. The molecule has 112 valence electrons. The number of nitrogens with two attached hydrogens (primary N) is 1. The highest BCUT2D eigenvalue weighted by atomic mass is 16.3. The first kappa shape index (κ1) is 13.2. The summed E-state index contributed by atoms with van der Waals surface area (Å²) >= 11 is 0. The minimum absolute atomic E-state index is 0.138. The molecule has 1 aliphatic heterocycles. The third-order valence-electron chi connectivity index (χ3n) is 3.96. The lowest BCUT2D eigenvalue weighted by atomic mass is 9.98. The number of hydrogen-bond acceptors (Lipinski definition) is 5. The van der Waals surface area contributed by atoms with Gasteiger partial charge < -0.3 is 16.2 Å². The maximum atomic E-state index is 9.70. The molecular formula is C17H13N5O. The molecule has 0 aliphatic carbocycles. The van der Waals surface area contributed by atoms with Crippen LogP contribution in [0.15, 0.2) is 54.1 Å². The van der Waals surface area contributed by atoms with Gasteiger partial charge in [0.1, 0.15) is 17.6 Å². The first-order valence-corrected chi connectivity index (χ1v) is 7.12. The van der Waals surface area contributed by atoms with Gasteiger partial charge in [-0.2, -0.15) is 5.26 Å². The zero-order valence-electron chi connectivity index (χ0n) is 12.1. The number of para-hydroxylation sites is 2. The Balaban J connectivity index is 1.94. The van der Waals surface area contributed by atoms with Gasteiger partial charge in [-0.25, -0.2) is 4.98 Å². The first-order valence-electron chi connectivity index (χ1n) is 7.12. The Kier molecular flexibility index (Phi) is 2.75. The van der Waals surface area contributed by atoms with E-state index < -0.39 is 6.04 Å². The number of nitrogens with zero attached hydrogens (tertiary/aromatic N) is 3. The highest BCUT2D eigenvalue weighted by molar-refractivity contribution is 5.85. The first-order chi connectivity index (χ1) is 11.2. The van der Waals surface area contributed by atoms with E-state index in [9.17, 15) is 10.4 Å². The molecule has 23 heavy (non-hydrogen) atoms. The number of nitriles is 1. The summed E-state index contributed by atoms with van der Waals surface area (Å²) in [5.41, 5.74) is 9.04. The summed E-state index contributed by atoms with van der Waals surface area (Å²) in [6.07, 6.45) is 0. The standard InChI is InChI=1S/C17H13N5O/c18-9-12-15(10-4-3-5-11(23)8-10)21-17-20-13-6-1-2-7-14(13)22(17)16(12)19/h1-8,15,23H,19H2,(H,20,21)/t15-/m0/s1. The van der Waals surface area contributed by atoms with Crippen LogP contribution in [-0.2, 0) is 0 Å². The number of fused-ring (bicyclic) bond motifs is 3. The number of anilines is 1. The van der Waals surface area contributed by atoms with Crippen molar-refractivity contribution in [1.29, 1.82) is 5.26 Å². The normalized spacial score (nSPS) is 16.7. The van der Waals surface area contributed by atoms with E-state index >= 15 is 0 Å². The summed E-state index contributed by atoms with van der Waals surface area (Å²) in [5, 5.41) is 22.5. The SMILES string of the molecule is N#CC1=C(N)n2c(nc3ccccc32)N[C@H]1c1cccc(O)c1. The van der Waals surface area contributed by atoms with Crippen LogP contribution in [0, 0.1) is 11.3 Å². The van der Waals surface area contributed by atoms with Gasteiger partial charge in [0, 0.05) is 0 Å². The van der Waals surface area contributed by atoms with E-state index in [4.69, 9.17) is 5.73 Å². The Morgan fingerprint density at radius 2 is 2.04 bits per heavy atom. The molecule has 0 fully saturated rings. The summed E-state index contributed by atoms with van der Waals surface area (Å²) < 4.78 is 1.74. The van der Waals surface area contributed by atoms with Crippen molar-refractivity contribution in [1.82, 2.24) is 9.55 Å². The Bertz CT molecular complexity index is 996. The maximum Gasteiger partial charge on any atom is 0.210 e. The van der Waals surface area contributed by atoms with Gasteiger partial charge in [-0.3, -0.25) is 4.57 Å². The van der Waals surface area contributed by atoms with Gasteiger partial charge in [0.2, 0.25) is 5.95 Å². The average Bonchev–Trinajstić information content (AvgIpc) is 2.93. The molecule has 3 aromatic rings. The minimum Gasteiger partial charge on any atom is -0.508 e. The van der Waals surface area contributed by atoms with E-state index in [1.54, 1.807) is 22.8 Å². The molecule has 4 rings (SSSR count). The fourth-order valence-electron chi connectivity index (χ4n) is 2.91. The lowest BCUT2D eigenvalue weighted by Gasteiger charge is -2.26. The van der Waals surface area contributed by atoms with Gasteiger partial charge in [-0.05, 0) is 29.8 Å². The van der Waals surface area contributed by atoms with E-state index in [1.807, 2.05) is 30.3 Å². The van der Waals surface area contributed by atoms with Gasteiger partial charge in [-0.1, -0.05) is 24.3 Å². The molecule has 0 amide bonds. The molecule has 6 nitrogen and oxygen atoms in total. The summed E-state index contributed by atoms with van der Waals surface area (Å²) in [6, 6.07) is 16.1. The van der Waals surface area contributed by atoms with Gasteiger partial charge in [0.25, 0.3) is 0 Å². The van der Waals surface area contributed by atoms with Crippen molar-refractivity contribution < 1.29 is 5.11 Å². The molecule has 4 N–H and O–H groups in total. The number of phenolic OH excluding ortho intramolecular Hbond substituents is 1. The summed E-state index contributed by atoms with van der Waals surface area (Å²) in [7, 11) is 0. The van der Waals surface area contributed by atoms with Crippen molar-refractivity contribution in [3.63, 3.8) is 0 Å². The van der Waals surface area contributed by atoms with Crippen LogP contribution in [0.2, 0.25) is 0 Å². The second-order valence-corrected chi connectivity index (χ2v) is 5.34. The van der Waals surface area contributed by atoms with Crippen LogP contribution in [-0.4, -0.2) is 14.7 Å². The molecule has 0 bridgehead atoms. The Hall–Kier alpha value is -3.46. The number of aromatic hydroxyl groups is 1. The quantitative estimate of drug-likeness (QED) is 0.641. The lowest BCUT2D eigenvalue weighted by Crippen LogP contribution is -2.26. The predicted molar refractivity (Wildman–Crippen MR) is 87.2 cm³/mol. The molecule has 0 saturated carbocycles. The molecule has 1 aromatic heterocycles. The van der Waals surface area contributed by atoms with Crippen LogP contribution in [0.4, 0.5) is 5.95 Å². The zero-order chi connectivity index (χ0) is 16.0. The molecule has 1 atom stereocenters. The van der Waals surface area contributed by atoms with Crippen molar-refractivity contribution in [2.45, 2.75) is 6.04 Å². The molecule has 2 aromatic carbocycles. The Morgan fingerprint density at radius 3 is 2.83 bits per heavy atom. The van der Waals surface area contributed by atoms with E-state index in [-0.39, 0.29) is 5.75 Å². The molecule has 6 heteroatoms. The molecule has 0 unspecified atom stereocenters. The number of hydrogen-bond donors (Lipinski definition) is 3. The molecule has 0 saturated heterocycles. The van der Waals surface area contributed by atoms with Crippen molar-refractivity contribution in [2.75, 3.05) is 5.32 Å². The van der Waals surface area contributed by atoms with Gasteiger partial charge >= 0.3 is 0 Å². The third-order valence-corrected chi connectivity index (χ3v) is 3.96. The van der Waals surface area contributed by atoms with Crippen molar-refractivity contribution >= 4 is 22.8 Å². The molecule has 1 aliphatic rings. The predicted octanol–water partition coefficient (Wildman–Crippen LogP) is 2.56. The number of nitrogens with one attached hydrogen (secondary N) is 1. The van der Waals surface area contributed by atoms with Crippen molar-refractivity contribution in [3.8, 4) is 11.8 Å². The maximum absolute atomic E-state index is 9.70. The third kappa shape index (κ3) is 1.91. The summed E-state index contributed by atoms with van der Waals surface area (Å²) in [5.74, 6) is 1.07. The highest BCUT2D eigenvalue weighted by Gasteiger charge is 2.29. The Labute approximate surface area is 132 Å². The second kappa shape index (κ2) is 4.78. The number of aromatic nitrogens is 2. The average molecular weight is 303 g/mol. The topological polar surface area (TPSA) is 99.9 Å². The van der Waals surface area contributed by atoms with Crippen molar-refractivity contribution in [2.24, 2.45) is 5.73 Å². The smallest absolute Gasteiger partial charge is 0.210 e. The second-order valence-electron chi connectivity index (χ2n) is 5.34. The number of phenols is 1. The van der Waals surface area contributed by atoms with E-state index in [1.165, 1.54) is 0 Å². The van der Waals surface area contributed by atoms with Gasteiger partial charge in [0.05, 0.1) is 22.6 Å². The number of imidazole rings is 1. The molecule has 0 spiro atoms. The fraction of sp³-hybridized carbons (Fsp3) is 0.0588. The van der Waals surface area contributed by atoms with Crippen LogP contribution >= 0.6 is 0 Å². The minimum atomic E-state index is -0.448. The summed E-state index contributed by atoms with van der Waals surface area (Å²) in [4.78, 5) is 4.54. The van der Waals surface area contributed by atoms with Gasteiger partial charge in [-0.15, -0.1) is 0 Å². The van der Waals surface area contributed by atoms with Gasteiger partial charge in [0.15, 0.2) is 0 Å². The van der Waals surface area contributed by atoms with Crippen LogP contribution in [0.25, 0.3) is 16.9 Å². The largest absolute Gasteiger partial charge is 0.508 e.